The summed E-state index contributed by atoms with van der Waals surface area (Å²) in [6.07, 6.45) is 5.17. The van der Waals surface area contributed by atoms with Crippen LogP contribution in [0.1, 0.15) is 37.9 Å². The number of hydrogen-bond acceptors (Lipinski definition) is 1. The highest BCUT2D eigenvalue weighted by Crippen LogP contribution is 2.43. The van der Waals surface area contributed by atoms with E-state index in [0.717, 1.165) is 30.5 Å². The number of hydrogen-bond donors (Lipinski definition) is 2. The SMILES string of the molecule is CC(C)C1=C(c2ccc(F)cc2)C(Cc2c[nH]c(=S)[nH]2)CC1. The molecule has 0 radical (unpaired) electrons. The van der Waals surface area contributed by atoms with Gasteiger partial charge in [-0.15, -0.1) is 0 Å². The van der Waals surface area contributed by atoms with Crippen LogP contribution in [0.4, 0.5) is 4.39 Å². The van der Waals surface area contributed by atoms with Crippen LogP contribution in [0.25, 0.3) is 5.57 Å². The van der Waals surface area contributed by atoms with Gasteiger partial charge in [0.2, 0.25) is 0 Å². The number of aromatic amines is 2. The van der Waals surface area contributed by atoms with Crippen LogP contribution in [0.5, 0.6) is 0 Å². The van der Waals surface area contributed by atoms with Gasteiger partial charge in [-0.05, 0) is 66.6 Å². The van der Waals surface area contributed by atoms with Crippen molar-refractivity contribution >= 4 is 17.8 Å². The van der Waals surface area contributed by atoms with Gasteiger partial charge < -0.3 is 9.97 Å². The van der Waals surface area contributed by atoms with Crippen molar-refractivity contribution in [2.45, 2.75) is 33.1 Å². The van der Waals surface area contributed by atoms with E-state index in [1.54, 1.807) is 12.1 Å². The quantitative estimate of drug-likeness (QED) is 0.739. The van der Waals surface area contributed by atoms with E-state index in [-0.39, 0.29) is 5.82 Å². The van der Waals surface area contributed by atoms with Crippen molar-refractivity contribution in [3.63, 3.8) is 0 Å². The van der Waals surface area contributed by atoms with Crippen molar-refractivity contribution in [1.82, 2.24) is 9.97 Å². The highest BCUT2D eigenvalue weighted by atomic mass is 32.1. The number of nitrogens with one attached hydrogen (secondary N) is 2. The normalized spacial score (nSPS) is 18.5. The van der Waals surface area contributed by atoms with Gasteiger partial charge in [0.1, 0.15) is 5.82 Å². The molecule has 1 aliphatic carbocycles. The summed E-state index contributed by atoms with van der Waals surface area (Å²) in [4.78, 5) is 6.24. The smallest absolute Gasteiger partial charge is 0.174 e. The van der Waals surface area contributed by atoms with Crippen molar-refractivity contribution in [2.24, 2.45) is 11.8 Å². The van der Waals surface area contributed by atoms with Crippen LogP contribution in [-0.4, -0.2) is 9.97 Å². The van der Waals surface area contributed by atoms with E-state index >= 15 is 0 Å². The summed E-state index contributed by atoms with van der Waals surface area (Å²) in [7, 11) is 0. The minimum absolute atomic E-state index is 0.181. The van der Waals surface area contributed by atoms with Crippen LogP contribution < -0.4 is 0 Å². The maximum absolute atomic E-state index is 13.2. The molecule has 1 heterocycles. The summed E-state index contributed by atoms with van der Waals surface area (Å²) in [5.74, 6) is 0.804. The van der Waals surface area contributed by atoms with Gasteiger partial charge in [0, 0.05) is 11.9 Å². The molecule has 2 nitrogen and oxygen atoms in total. The second-order valence-corrected chi connectivity index (χ2v) is 6.72. The lowest BCUT2D eigenvalue weighted by molar-refractivity contribution is 0.620. The Kier molecular flexibility index (Phi) is 4.30. The van der Waals surface area contributed by atoms with Gasteiger partial charge in [-0.25, -0.2) is 4.39 Å². The van der Waals surface area contributed by atoms with Gasteiger partial charge in [-0.3, -0.25) is 0 Å². The molecule has 1 atom stereocenters. The average molecular weight is 316 g/mol. The molecule has 0 fully saturated rings. The van der Waals surface area contributed by atoms with E-state index in [0.29, 0.717) is 16.6 Å². The maximum Gasteiger partial charge on any atom is 0.174 e. The molecule has 0 spiro atoms. The summed E-state index contributed by atoms with van der Waals surface area (Å²) >= 11 is 5.11. The van der Waals surface area contributed by atoms with Crippen LogP contribution in [0.15, 0.2) is 36.0 Å². The first-order valence-electron chi connectivity index (χ1n) is 7.80. The maximum atomic E-state index is 13.2. The zero-order valence-electron chi connectivity index (χ0n) is 12.9. The van der Waals surface area contributed by atoms with E-state index in [1.165, 1.54) is 11.1 Å². The molecule has 0 amide bonds. The minimum Gasteiger partial charge on any atom is -0.337 e. The van der Waals surface area contributed by atoms with Gasteiger partial charge in [0.15, 0.2) is 4.77 Å². The molecule has 116 valence electrons. The summed E-state index contributed by atoms with van der Waals surface area (Å²) < 4.78 is 13.9. The van der Waals surface area contributed by atoms with Crippen LogP contribution in [0.3, 0.4) is 0 Å². The van der Waals surface area contributed by atoms with Crippen molar-refractivity contribution < 1.29 is 4.39 Å². The van der Waals surface area contributed by atoms with E-state index in [2.05, 4.69) is 23.8 Å². The molecule has 1 aromatic carbocycles. The Morgan fingerprint density at radius 1 is 1.27 bits per heavy atom. The Morgan fingerprint density at radius 3 is 2.59 bits per heavy atom. The van der Waals surface area contributed by atoms with Gasteiger partial charge >= 0.3 is 0 Å². The first kappa shape index (κ1) is 15.2. The first-order chi connectivity index (χ1) is 10.5. The standard InChI is InChI=1S/C18H21FN2S/c1-11(2)16-8-5-13(9-15-10-20-18(22)21-15)17(16)12-3-6-14(19)7-4-12/h3-4,6-7,10-11,13H,5,8-9H2,1-2H3,(H2,20,21,22). The fourth-order valence-electron chi connectivity index (χ4n) is 3.47. The molecule has 2 N–H and O–H groups in total. The van der Waals surface area contributed by atoms with Crippen molar-refractivity contribution in [3.8, 4) is 0 Å². The van der Waals surface area contributed by atoms with Gasteiger partial charge in [0.25, 0.3) is 0 Å². The van der Waals surface area contributed by atoms with Crippen molar-refractivity contribution in [1.29, 1.82) is 0 Å². The number of halogens is 1. The highest BCUT2D eigenvalue weighted by Gasteiger charge is 2.28. The highest BCUT2D eigenvalue weighted by molar-refractivity contribution is 7.71. The Bertz CT molecular complexity index is 737. The molecule has 4 heteroatoms. The molecule has 3 rings (SSSR count). The van der Waals surface area contributed by atoms with E-state index in [4.69, 9.17) is 12.2 Å². The predicted octanol–water partition coefficient (Wildman–Crippen LogP) is 5.27. The van der Waals surface area contributed by atoms with Crippen LogP contribution >= 0.6 is 12.2 Å². The topological polar surface area (TPSA) is 31.6 Å². The Hall–Kier alpha value is -1.68. The van der Waals surface area contributed by atoms with Crippen LogP contribution in [0, 0.1) is 22.4 Å². The number of allylic oxidation sites excluding steroid dienone is 2. The second-order valence-electron chi connectivity index (χ2n) is 6.31. The van der Waals surface area contributed by atoms with Gasteiger partial charge in [0.05, 0.1) is 0 Å². The third-order valence-corrected chi connectivity index (χ3v) is 4.71. The van der Waals surface area contributed by atoms with E-state index in [9.17, 15) is 4.39 Å². The van der Waals surface area contributed by atoms with Crippen molar-refractivity contribution in [3.05, 3.63) is 57.9 Å². The third-order valence-electron chi connectivity index (χ3n) is 4.49. The molecule has 0 saturated carbocycles. The van der Waals surface area contributed by atoms with Crippen LogP contribution in [-0.2, 0) is 6.42 Å². The number of imidazole rings is 1. The van der Waals surface area contributed by atoms with E-state index < -0.39 is 0 Å². The number of rotatable bonds is 4. The van der Waals surface area contributed by atoms with Crippen molar-refractivity contribution in [2.75, 3.05) is 0 Å². The fourth-order valence-corrected chi connectivity index (χ4v) is 3.66. The lowest BCUT2D eigenvalue weighted by atomic mass is 9.88. The molecular weight excluding hydrogens is 295 g/mol. The molecule has 1 aromatic heterocycles. The number of aromatic nitrogens is 2. The molecule has 1 aliphatic rings. The minimum atomic E-state index is -0.181. The Balaban J connectivity index is 1.96. The predicted molar refractivity (Wildman–Crippen MR) is 90.6 cm³/mol. The summed E-state index contributed by atoms with van der Waals surface area (Å²) in [6, 6.07) is 6.92. The second kappa shape index (κ2) is 6.21. The Labute approximate surface area is 135 Å². The largest absolute Gasteiger partial charge is 0.337 e. The molecule has 2 aromatic rings. The monoisotopic (exact) mass is 316 g/mol. The zero-order chi connectivity index (χ0) is 15.7. The molecule has 0 bridgehead atoms. The zero-order valence-corrected chi connectivity index (χ0v) is 13.8. The fraction of sp³-hybridized carbons (Fsp3) is 0.389. The summed E-state index contributed by atoms with van der Waals surface area (Å²) in [5, 5.41) is 0. The summed E-state index contributed by atoms with van der Waals surface area (Å²) in [5.41, 5.74) is 5.20. The van der Waals surface area contributed by atoms with Gasteiger partial charge in [-0.1, -0.05) is 31.6 Å². The lowest BCUT2D eigenvalue weighted by Gasteiger charge is -2.17. The van der Waals surface area contributed by atoms with Gasteiger partial charge in [-0.2, -0.15) is 0 Å². The molecule has 22 heavy (non-hydrogen) atoms. The molecular formula is C18H21FN2S. The summed E-state index contributed by atoms with van der Waals surface area (Å²) in [6.45, 7) is 4.48. The Morgan fingerprint density at radius 2 is 2.00 bits per heavy atom. The number of H-pyrrole nitrogens is 2. The third kappa shape index (κ3) is 3.07. The molecule has 1 unspecified atom stereocenters. The number of benzene rings is 1. The van der Waals surface area contributed by atoms with Crippen LogP contribution in [0.2, 0.25) is 0 Å². The van der Waals surface area contributed by atoms with E-state index in [1.807, 2.05) is 18.3 Å². The lowest BCUT2D eigenvalue weighted by Crippen LogP contribution is -2.05. The average Bonchev–Trinajstić information content (AvgIpc) is 3.07. The first-order valence-corrected chi connectivity index (χ1v) is 8.21. The molecule has 0 aliphatic heterocycles. The molecule has 0 saturated heterocycles.